The monoisotopic (exact) mass is 336 g/mol. The summed E-state index contributed by atoms with van der Waals surface area (Å²) < 4.78 is 37.6. The lowest BCUT2D eigenvalue weighted by atomic mass is 10.3. The average molecular weight is 336 g/mol. The van der Waals surface area contributed by atoms with Gasteiger partial charge in [-0.2, -0.15) is 4.99 Å². The summed E-state index contributed by atoms with van der Waals surface area (Å²) in [7, 11) is -3.77. The maximum Gasteiger partial charge on any atom is 0.348 e. The molecule has 0 fully saturated rings. The first kappa shape index (κ1) is 16.4. The Kier molecular flexibility index (Phi) is 4.60. The van der Waals surface area contributed by atoms with Crippen molar-refractivity contribution in [2.45, 2.75) is 9.79 Å². The number of hydrogen-bond acceptors (Lipinski definition) is 3. The van der Waals surface area contributed by atoms with Gasteiger partial charge in [-0.15, -0.1) is 0 Å². The van der Waals surface area contributed by atoms with Crippen molar-refractivity contribution in [1.29, 1.82) is 0 Å². The molecular formula is C14H13FN4O3S. The summed E-state index contributed by atoms with van der Waals surface area (Å²) in [5.74, 6) is -0.917. The van der Waals surface area contributed by atoms with Crippen LogP contribution >= 0.6 is 0 Å². The van der Waals surface area contributed by atoms with E-state index in [4.69, 9.17) is 11.5 Å². The van der Waals surface area contributed by atoms with E-state index in [0.717, 1.165) is 12.1 Å². The second-order valence-electron chi connectivity index (χ2n) is 4.45. The molecule has 0 radical (unpaired) electrons. The van der Waals surface area contributed by atoms with Gasteiger partial charge in [0, 0.05) is 5.69 Å². The Labute approximate surface area is 131 Å². The fourth-order valence-electron chi connectivity index (χ4n) is 1.74. The standard InChI is InChI=1S/C14H13FN4O3S/c15-9-1-5-11(6-2-9)23(21,22)12-7-3-10(4-8-12)18-14(20)19-13(16)17/h1-8H,(H5,16,17,18,19,20). The Morgan fingerprint density at radius 2 is 1.43 bits per heavy atom. The first-order valence-corrected chi connectivity index (χ1v) is 7.79. The lowest BCUT2D eigenvalue weighted by Gasteiger charge is -2.06. The SMILES string of the molecule is NC(N)=NC(=O)Nc1ccc(S(=O)(=O)c2ccc(F)cc2)cc1. The van der Waals surface area contributed by atoms with Crippen LogP contribution in [-0.2, 0) is 9.84 Å². The van der Waals surface area contributed by atoms with Crippen LogP contribution in [0.25, 0.3) is 0 Å². The summed E-state index contributed by atoms with van der Waals surface area (Å²) in [6.07, 6.45) is 0. The molecule has 0 bridgehead atoms. The van der Waals surface area contributed by atoms with E-state index < -0.39 is 27.6 Å². The van der Waals surface area contributed by atoms with Crippen LogP contribution in [-0.4, -0.2) is 20.4 Å². The predicted octanol–water partition coefficient (Wildman–Crippen LogP) is 1.46. The van der Waals surface area contributed by atoms with Gasteiger partial charge in [0.05, 0.1) is 9.79 Å². The quantitative estimate of drug-likeness (QED) is 0.444. The van der Waals surface area contributed by atoms with Gasteiger partial charge in [0.25, 0.3) is 0 Å². The van der Waals surface area contributed by atoms with E-state index in [0.29, 0.717) is 5.69 Å². The molecule has 0 spiro atoms. The van der Waals surface area contributed by atoms with Gasteiger partial charge in [-0.25, -0.2) is 17.6 Å². The van der Waals surface area contributed by atoms with E-state index in [-0.39, 0.29) is 9.79 Å². The number of rotatable bonds is 3. The van der Waals surface area contributed by atoms with Gasteiger partial charge in [0.1, 0.15) is 5.82 Å². The molecule has 2 amide bonds. The molecule has 0 unspecified atom stereocenters. The molecule has 0 atom stereocenters. The van der Waals surface area contributed by atoms with Gasteiger partial charge >= 0.3 is 6.03 Å². The van der Waals surface area contributed by atoms with E-state index in [1.807, 2.05) is 0 Å². The number of nitrogens with two attached hydrogens (primary N) is 2. The van der Waals surface area contributed by atoms with E-state index in [9.17, 15) is 17.6 Å². The Bertz CT molecular complexity index is 843. The molecular weight excluding hydrogens is 323 g/mol. The molecule has 7 nitrogen and oxygen atoms in total. The second-order valence-corrected chi connectivity index (χ2v) is 6.40. The molecule has 0 saturated carbocycles. The largest absolute Gasteiger partial charge is 0.370 e. The number of amides is 2. The maximum absolute atomic E-state index is 12.9. The number of aliphatic imine (C=N–C) groups is 1. The summed E-state index contributed by atoms with van der Waals surface area (Å²) in [5, 5.41) is 2.37. The number of anilines is 1. The number of nitrogens with zero attached hydrogens (tertiary/aromatic N) is 1. The summed E-state index contributed by atoms with van der Waals surface area (Å²) in [5.41, 5.74) is 10.4. The van der Waals surface area contributed by atoms with Crippen LogP contribution in [0.3, 0.4) is 0 Å². The Morgan fingerprint density at radius 1 is 0.957 bits per heavy atom. The van der Waals surface area contributed by atoms with Crippen LogP contribution in [0.1, 0.15) is 0 Å². The first-order chi connectivity index (χ1) is 10.8. The number of hydrogen-bond donors (Lipinski definition) is 3. The number of halogens is 1. The predicted molar refractivity (Wildman–Crippen MR) is 83.1 cm³/mol. The molecule has 0 aliphatic heterocycles. The third-order valence-corrected chi connectivity index (χ3v) is 4.56. The Balaban J connectivity index is 2.23. The number of guanidine groups is 1. The van der Waals surface area contributed by atoms with E-state index in [1.165, 1.54) is 36.4 Å². The maximum atomic E-state index is 12.9. The van der Waals surface area contributed by atoms with E-state index >= 15 is 0 Å². The van der Waals surface area contributed by atoms with Gasteiger partial charge in [-0.3, -0.25) is 0 Å². The van der Waals surface area contributed by atoms with Crippen LogP contribution < -0.4 is 16.8 Å². The lowest BCUT2D eigenvalue weighted by Crippen LogP contribution is -2.25. The van der Waals surface area contributed by atoms with Gasteiger partial charge < -0.3 is 16.8 Å². The molecule has 9 heteroatoms. The van der Waals surface area contributed by atoms with Crippen LogP contribution in [0, 0.1) is 5.82 Å². The van der Waals surface area contributed by atoms with Crippen LogP contribution in [0.5, 0.6) is 0 Å². The summed E-state index contributed by atoms with van der Waals surface area (Å²) in [6, 6.07) is 9.10. The zero-order valence-electron chi connectivity index (χ0n) is 11.7. The molecule has 0 saturated heterocycles. The molecule has 0 aliphatic carbocycles. The summed E-state index contributed by atoms with van der Waals surface area (Å²) in [6.45, 7) is 0. The number of carbonyl (C=O) groups is 1. The van der Waals surface area contributed by atoms with E-state index in [1.54, 1.807) is 0 Å². The van der Waals surface area contributed by atoms with Crippen LogP contribution in [0.2, 0.25) is 0 Å². The number of urea groups is 1. The topological polar surface area (TPSA) is 128 Å². The highest BCUT2D eigenvalue weighted by Crippen LogP contribution is 2.22. The molecule has 23 heavy (non-hydrogen) atoms. The normalized spacial score (nSPS) is 10.8. The van der Waals surface area contributed by atoms with Crippen LogP contribution in [0.15, 0.2) is 63.3 Å². The zero-order chi connectivity index (χ0) is 17.0. The van der Waals surface area contributed by atoms with Gasteiger partial charge in [0.2, 0.25) is 9.84 Å². The Hall–Kier alpha value is -2.94. The number of carbonyl (C=O) groups excluding carboxylic acids is 1. The smallest absolute Gasteiger partial charge is 0.348 e. The average Bonchev–Trinajstić information content (AvgIpc) is 2.47. The van der Waals surface area contributed by atoms with Gasteiger partial charge in [0.15, 0.2) is 5.96 Å². The van der Waals surface area contributed by atoms with Gasteiger partial charge in [-0.1, -0.05) is 0 Å². The van der Waals surface area contributed by atoms with Crippen molar-refractivity contribution >= 4 is 27.5 Å². The van der Waals surface area contributed by atoms with Crippen molar-refractivity contribution in [3.63, 3.8) is 0 Å². The molecule has 0 heterocycles. The van der Waals surface area contributed by atoms with Crippen molar-refractivity contribution < 1.29 is 17.6 Å². The van der Waals surface area contributed by atoms with Crippen LogP contribution in [0.4, 0.5) is 14.9 Å². The molecule has 0 aliphatic rings. The number of nitrogens with one attached hydrogen (secondary N) is 1. The van der Waals surface area contributed by atoms with Crippen molar-refractivity contribution in [1.82, 2.24) is 0 Å². The Morgan fingerprint density at radius 3 is 1.91 bits per heavy atom. The fourth-order valence-corrected chi connectivity index (χ4v) is 3.00. The third kappa shape index (κ3) is 4.04. The lowest BCUT2D eigenvalue weighted by molar-refractivity contribution is 0.259. The highest BCUT2D eigenvalue weighted by molar-refractivity contribution is 7.91. The number of sulfone groups is 1. The molecule has 5 N–H and O–H groups in total. The molecule has 2 rings (SSSR count). The molecule has 2 aromatic rings. The van der Waals surface area contributed by atoms with Crippen molar-refractivity contribution in [3.05, 3.63) is 54.3 Å². The van der Waals surface area contributed by atoms with Crippen molar-refractivity contribution in [2.24, 2.45) is 16.5 Å². The van der Waals surface area contributed by atoms with Crippen molar-refractivity contribution in [2.75, 3.05) is 5.32 Å². The highest BCUT2D eigenvalue weighted by Gasteiger charge is 2.17. The minimum absolute atomic E-state index is 0.00365. The minimum atomic E-state index is -3.77. The summed E-state index contributed by atoms with van der Waals surface area (Å²) in [4.78, 5) is 14.6. The number of benzene rings is 2. The first-order valence-electron chi connectivity index (χ1n) is 6.30. The van der Waals surface area contributed by atoms with E-state index in [2.05, 4.69) is 10.3 Å². The highest BCUT2D eigenvalue weighted by atomic mass is 32.2. The molecule has 0 aromatic heterocycles. The molecule has 2 aromatic carbocycles. The fraction of sp³-hybridized carbons (Fsp3) is 0. The second kappa shape index (κ2) is 6.44. The summed E-state index contributed by atoms with van der Waals surface area (Å²) >= 11 is 0. The third-order valence-electron chi connectivity index (χ3n) is 2.77. The minimum Gasteiger partial charge on any atom is -0.370 e. The molecule has 120 valence electrons. The van der Waals surface area contributed by atoms with Crippen molar-refractivity contribution in [3.8, 4) is 0 Å². The zero-order valence-corrected chi connectivity index (χ0v) is 12.5. The van der Waals surface area contributed by atoms with Gasteiger partial charge in [-0.05, 0) is 48.5 Å².